The zero-order chi connectivity index (χ0) is 14.5. The van der Waals surface area contributed by atoms with Gasteiger partial charge in [0, 0.05) is 29.7 Å². The Hall–Kier alpha value is -0.640. The molecule has 0 aromatic heterocycles. The Kier molecular flexibility index (Phi) is 5.82. The third-order valence-electron chi connectivity index (χ3n) is 4.01. The van der Waals surface area contributed by atoms with Crippen LogP contribution in [-0.4, -0.2) is 30.6 Å². The molecule has 1 aliphatic rings. The second-order valence-corrected chi connectivity index (χ2v) is 6.41. The van der Waals surface area contributed by atoms with Gasteiger partial charge >= 0.3 is 0 Å². The van der Waals surface area contributed by atoms with Crippen LogP contribution in [0.3, 0.4) is 0 Å². The molecule has 0 amide bonds. The van der Waals surface area contributed by atoms with Crippen molar-refractivity contribution in [1.82, 2.24) is 10.2 Å². The Morgan fingerprint density at radius 2 is 2.25 bits per heavy atom. The predicted molar refractivity (Wildman–Crippen MR) is 82.5 cm³/mol. The van der Waals surface area contributed by atoms with Crippen LogP contribution in [0.25, 0.3) is 0 Å². The molecule has 1 saturated heterocycles. The first-order chi connectivity index (χ1) is 9.56. The molecular formula is C16H24ClFN2. The summed E-state index contributed by atoms with van der Waals surface area (Å²) in [6.45, 7) is 8.22. The third kappa shape index (κ3) is 4.44. The van der Waals surface area contributed by atoms with Gasteiger partial charge < -0.3 is 5.32 Å². The summed E-state index contributed by atoms with van der Waals surface area (Å²) in [6, 6.07) is 5.37. The van der Waals surface area contributed by atoms with Crippen LogP contribution < -0.4 is 5.32 Å². The Morgan fingerprint density at radius 3 is 2.85 bits per heavy atom. The van der Waals surface area contributed by atoms with Gasteiger partial charge in [0.1, 0.15) is 5.82 Å². The zero-order valence-corrected chi connectivity index (χ0v) is 13.1. The average Bonchev–Trinajstić information content (AvgIpc) is 2.42. The maximum absolute atomic E-state index is 13.9. The molecule has 1 fully saturated rings. The molecule has 0 aliphatic carbocycles. The second kappa shape index (κ2) is 7.39. The van der Waals surface area contributed by atoms with Gasteiger partial charge in [-0.25, -0.2) is 4.39 Å². The van der Waals surface area contributed by atoms with E-state index in [1.54, 1.807) is 12.1 Å². The van der Waals surface area contributed by atoms with Gasteiger partial charge in [-0.3, -0.25) is 4.90 Å². The molecule has 1 N–H and O–H groups in total. The van der Waals surface area contributed by atoms with E-state index >= 15 is 0 Å². The highest BCUT2D eigenvalue weighted by molar-refractivity contribution is 6.30. The SMILES string of the molecule is CC(C)N(Cc1ccc(Cl)cc1F)CC1CCCNC1. The highest BCUT2D eigenvalue weighted by Gasteiger charge is 2.20. The molecule has 1 unspecified atom stereocenters. The van der Waals surface area contributed by atoms with E-state index in [-0.39, 0.29) is 5.82 Å². The first-order valence-corrected chi connectivity index (χ1v) is 7.82. The molecule has 20 heavy (non-hydrogen) atoms. The number of halogens is 2. The maximum atomic E-state index is 13.9. The quantitative estimate of drug-likeness (QED) is 0.892. The van der Waals surface area contributed by atoms with E-state index in [4.69, 9.17) is 11.6 Å². The molecule has 0 radical (unpaired) electrons. The van der Waals surface area contributed by atoms with E-state index in [0.717, 1.165) is 25.2 Å². The van der Waals surface area contributed by atoms with Crippen molar-refractivity contribution in [3.05, 3.63) is 34.6 Å². The summed E-state index contributed by atoms with van der Waals surface area (Å²) < 4.78 is 13.9. The van der Waals surface area contributed by atoms with Gasteiger partial charge in [-0.2, -0.15) is 0 Å². The van der Waals surface area contributed by atoms with Crippen LogP contribution in [0.2, 0.25) is 5.02 Å². The summed E-state index contributed by atoms with van der Waals surface area (Å²) >= 11 is 5.81. The van der Waals surface area contributed by atoms with Crippen LogP contribution in [0.4, 0.5) is 4.39 Å². The molecule has 0 saturated carbocycles. The van der Waals surface area contributed by atoms with Crippen LogP contribution in [0, 0.1) is 11.7 Å². The molecule has 4 heteroatoms. The molecule has 0 bridgehead atoms. The molecular weight excluding hydrogens is 275 g/mol. The molecule has 1 atom stereocenters. The van der Waals surface area contributed by atoms with Crippen LogP contribution in [0.1, 0.15) is 32.3 Å². The summed E-state index contributed by atoms with van der Waals surface area (Å²) in [5.41, 5.74) is 0.729. The van der Waals surface area contributed by atoms with E-state index in [1.807, 2.05) is 0 Å². The summed E-state index contributed by atoms with van der Waals surface area (Å²) in [5.74, 6) is 0.464. The van der Waals surface area contributed by atoms with Crippen molar-refractivity contribution in [3.8, 4) is 0 Å². The van der Waals surface area contributed by atoms with Gasteiger partial charge in [0.05, 0.1) is 0 Å². The number of rotatable bonds is 5. The van der Waals surface area contributed by atoms with E-state index in [2.05, 4.69) is 24.1 Å². The fourth-order valence-electron chi connectivity index (χ4n) is 2.74. The molecule has 2 nitrogen and oxygen atoms in total. The van der Waals surface area contributed by atoms with E-state index in [9.17, 15) is 4.39 Å². The minimum Gasteiger partial charge on any atom is -0.316 e. The van der Waals surface area contributed by atoms with Gasteiger partial charge in [-0.1, -0.05) is 17.7 Å². The van der Waals surface area contributed by atoms with E-state index in [1.165, 1.54) is 18.9 Å². The van der Waals surface area contributed by atoms with Crippen molar-refractivity contribution in [2.24, 2.45) is 5.92 Å². The Balaban J connectivity index is 2.01. The van der Waals surface area contributed by atoms with E-state index < -0.39 is 0 Å². The molecule has 112 valence electrons. The maximum Gasteiger partial charge on any atom is 0.129 e. The van der Waals surface area contributed by atoms with Crippen LogP contribution in [0.15, 0.2) is 18.2 Å². The van der Waals surface area contributed by atoms with Gasteiger partial charge in [0.15, 0.2) is 0 Å². The third-order valence-corrected chi connectivity index (χ3v) is 4.25. The average molecular weight is 299 g/mol. The standard InChI is InChI=1S/C16H24ClFN2/c1-12(2)20(10-13-4-3-7-19-9-13)11-14-5-6-15(17)8-16(14)18/h5-6,8,12-13,19H,3-4,7,9-11H2,1-2H3. The molecule has 1 aromatic carbocycles. The second-order valence-electron chi connectivity index (χ2n) is 5.97. The summed E-state index contributed by atoms with van der Waals surface area (Å²) in [5, 5.41) is 3.90. The lowest BCUT2D eigenvalue weighted by Gasteiger charge is -2.33. The molecule has 0 spiro atoms. The van der Waals surface area contributed by atoms with Gasteiger partial charge in [-0.15, -0.1) is 0 Å². The fraction of sp³-hybridized carbons (Fsp3) is 0.625. The van der Waals surface area contributed by atoms with Crippen LogP contribution in [-0.2, 0) is 6.54 Å². The summed E-state index contributed by atoms with van der Waals surface area (Å²) in [6.07, 6.45) is 2.51. The Bertz CT molecular complexity index is 430. The number of benzene rings is 1. The Morgan fingerprint density at radius 1 is 1.45 bits per heavy atom. The summed E-state index contributed by atoms with van der Waals surface area (Å²) in [7, 11) is 0. The summed E-state index contributed by atoms with van der Waals surface area (Å²) in [4.78, 5) is 2.35. The van der Waals surface area contributed by atoms with E-state index in [0.29, 0.717) is 23.5 Å². The molecule has 1 aliphatic heterocycles. The van der Waals surface area contributed by atoms with Crippen molar-refractivity contribution in [2.75, 3.05) is 19.6 Å². The highest BCUT2D eigenvalue weighted by atomic mass is 35.5. The number of hydrogen-bond acceptors (Lipinski definition) is 2. The number of piperidine rings is 1. The lowest BCUT2D eigenvalue weighted by molar-refractivity contribution is 0.162. The van der Waals surface area contributed by atoms with Gasteiger partial charge in [0.25, 0.3) is 0 Å². The van der Waals surface area contributed by atoms with Gasteiger partial charge in [-0.05, 0) is 57.8 Å². The first kappa shape index (κ1) is 15.7. The van der Waals surface area contributed by atoms with Crippen molar-refractivity contribution in [1.29, 1.82) is 0 Å². The molecule has 1 heterocycles. The topological polar surface area (TPSA) is 15.3 Å². The normalized spacial score (nSPS) is 19.8. The lowest BCUT2D eigenvalue weighted by atomic mass is 9.98. The molecule has 1 aromatic rings. The van der Waals surface area contributed by atoms with Crippen LogP contribution >= 0.6 is 11.6 Å². The van der Waals surface area contributed by atoms with Crippen molar-refractivity contribution < 1.29 is 4.39 Å². The van der Waals surface area contributed by atoms with Crippen molar-refractivity contribution in [2.45, 2.75) is 39.3 Å². The predicted octanol–water partition coefficient (Wildman–Crippen LogP) is 3.69. The van der Waals surface area contributed by atoms with Gasteiger partial charge in [0.2, 0.25) is 0 Å². The smallest absolute Gasteiger partial charge is 0.129 e. The largest absolute Gasteiger partial charge is 0.316 e. The Labute approximate surface area is 126 Å². The number of nitrogens with zero attached hydrogens (tertiary/aromatic N) is 1. The number of nitrogens with one attached hydrogen (secondary N) is 1. The lowest BCUT2D eigenvalue weighted by Crippen LogP contribution is -2.40. The molecule has 2 rings (SSSR count). The van der Waals surface area contributed by atoms with Crippen LogP contribution in [0.5, 0.6) is 0 Å². The fourth-order valence-corrected chi connectivity index (χ4v) is 2.90. The highest BCUT2D eigenvalue weighted by Crippen LogP contribution is 2.19. The zero-order valence-electron chi connectivity index (χ0n) is 12.3. The minimum atomic E-state index is -0.204. The monoisotopic (exact) mass is 298 g/mol. The minimum absolute atomic E-state index is 0.204. The van der Waals surface area contributed by atoms with Crippen molar-refractivity contribution >= 4 is 11.6 Å². The first-order valence-electron chi connectivity index (χ1n) is 7.45. The van der Waals surface area contributed by atoms with Crippen molar-refractivity contribution in [3.63, 3.8) is 0 Å². The number of hydrogen-bond donors (Lipinski definition) is 1.